The number of carbonyl (C=O) groups excluding carboxylic acids is 2. The number of aryl methyl sites for hydroxylation is 1. The predicted octanol–water partition coefficient (Wildman–Crippen LogP) is 3.32. The molecular formula is C20H20BrN5O4. The van der Waals surface area contributed by atoms with Gasteiger partial charge in [0.05, 0.1) is 13.7 Å². The topological polar surface area (TPSA) is 108 Å². The summed E-state index contributed by atoms with van der Waals surface area (Å²) in [7, 11) is 1.34. The summed E-state index contributed by atoms with van der Waals surface area (Å²) in [5.41, 5.74) is 0.996. The Balaban J connectivity index is 1.55. The minimum atomic E-state index is -0.445. The summed E-state index contributed by atoms with van der Waals surface area (Å²) in [6, 6.07) is 10.5. The lowest BCUT2D eigenvalue weighted by Gasteiger charge is -2.11. The number of ether oxygens (including phenoxy) is 2. The Morgan fingerprint density at radius 1 is 1.27 bits per heavy atom. The number of methoxy groups -OCH3 is 1. The number of halogens is 1. The number of hydrogen-bond acceptors (Lipinski definition) is 7. The van der Waals surface area contributed by atoms with E-state index in [1.807, 2.05) is 16.7 Å². The molecule has 1 aromatic carbocycles. The van der Waals surface area contributed by atoms with Gasteiger partial charge < -0.3 is 19.4 Å². The van der Waals surface area contributed by atoms with Crippen LogP contribution in [-0.2, 0) is 16.1 Å². The first kappa shape index (κ1) is 21.4. The van der Waals surface area contributed by atoms with Crippen LogP contribution in [-0.4, -0.2) is 45.8 Å². The maximum absolute atomic E-state index is 11.9. The second kappa shape index (κ2) is 10.5. The van der Waals surface area contributed by atoms with Gasteiger partial charge >= 0.3 is 5.97 Å². The third-order valence-corrected chi connectivity index (χ3v) is 4.69. The van der Waals surface area contributed by atoms with Crippen molar-refractivity contribution in [1.29, 1.82) is 0 Å². The zero-order valence-corrected chi connectivity index (χ0v) is 17.8. The van der Waals surface area contributed by atoms with Gasteiger partial charge in [0.25, 0.3) is 0 Å². The van der Waals surface area contributed by atoms with Crippen LogP contribution in [0.5, 0.6) is 5.75 Å². The summed E-state index contributed by atoms with van der Waals surface area (Å²) in [4.78, 5) is 26.9. The van der Waals surface area contributed by atoms with Crippen molar-refractivity contribution in [3.63, 3.8) is 0 Å². The Bertz CT molecular complexity index is 1020. The first-order valence-corrected chi connectivity index (χ1v) is 9.97. The summed E-state index contributed by atoms with van der Waals surface area (Å²) < 4.78 is 13.2. The molecule has 1 N–H and O–H groups in total. The quantitative estimate of drug-likeness (QED) is 0.273. The average molecular weight is 474 g/mol. The van der Waals surface area contributed by atoms with Crippen molar-refractivity contribution in [2.45, 2.75) is 19.4 Å². The van der Waals surface area contributed by atoms with Gasteiger partial charge in [0.2, 0.25) is 6.41 Å². The van der Waals surface area contributed by atoms with Crippen molar-refractivity contribution < 1.29 is 19.1 Å². The fraction of sp³-hybridized carbons (Fsp3) is 0.250. The minimum Gasteiger partial charge on any atom is -0.493 e. The Morgan fingerprint density at radius 2 is 2.13 bits per heavy atom. The fourth-order valence-electron chi connectivity index (χ4n) is 2.78. The van der Waals surface area contributed by atoms with E-state index in [4.69, 9.17) is 9.47 Å². The van der Waals surface area contributed by atoms with Gasteiger partial charge in [-0.3, -0.25) is 4.79 Å². The first-order valence-electron chi connectivity index (χ1n) is 9.18. The highest BCUT2D eigenvalue weighted by atomic mass is 79.9. The summed E-state index contributed by atoms with van der Waals surface area (Å²) in [5, 5.41) is 10.6. The van der Waals surface area contributed by atoms with Crippen molar-refractivity contribution in [1.82, 2.24) is 19.7 Å². The molecule has 2 aromatic heterocycles. The van der Waals surface area contributed by atoms with E-state index in [1.54, 1.807) is 30.6 Å². The molecule has 156 valence electrons. The zero-order chi connectivity index (χ0) is 21.3. The maximum Gasteiger partial charge on any atom is 0.341 e. The van der Waals surface area contributed by atoms with E-state index in [9.17, 15) is 9.59 Å². The highest BCUT2D eigenvalue weighted by molar-refractivity contribution is 9.10. The van der Waals surface area contributed by atoms with E-state index >= 15 is 0 Å². The highest BCUT2D eigenvalue weighted by Gasteiger charge is 2.14. The number of carbonyl (C=O) groups is 2. The molecule has 0 bridgehead atoms. The Kier molecular flexibility index (Phi) is 7.50. The SMILES string of the molecule is COC(=O)c1cc(Br)ccc1OCCCCn1cnnc1-c1cccc(NC=O)n1. The highest BCUT2D eigenvalue weighted by Crippen LogP contribution is 2.24. The molecule has 0 saturated carbocycles. The largest absolute Gasteiger partial charge is 0.493 e. The van der Waals surface area contributed by atoms with Crippen LogP contribution >= 0.6 is 15.9 Å². The van der Waals surface area contributed by atoms with Gasteiger partial charge in [-0.25, -0.2) is 9.78 Å². The molecule has 1 amide bonds. The zero-order valence-electron chi connectivity index (χ0n) is 16.2. The first-order chi connectivity index (χ1) is 14.6. The van der Waals surface area contributed by atoms with Gasteiger partial charge in [-0.05, 0) is 43.2 Å². The van der Waals surface area contributed by atoms with E-state index < -0.39 is 5.97 Å². The number of esters is 1. The van der Waals surface area contributed by atoms with Crippen molar-refractivity contribution in [2.75, 3.05) is 19.0 Å². The molecule has 0 fully saturated rings. The normalized spacial score (nSPS) is 10.5. The molecule has 30 heavy (non-hydrogen) atoms. The summed E-state index contributed by atoms with van der Waals surface area (Å²) >= 11 is 3.34. The minimum absolute atomic E-state index is 0.378. The standard InChI is InChI=1S/C20H20BrN5O4/c1-29-20(28)15-11-14(21)7-8-17(15)30-10-3-2-9-26-12-23-25-19(26)16-5-4-6-18(24-16)22-13-27/h4-8,11-13H,2-3,9-10H2,1H3,(H,22,24,27). The number of nitrogens with one attached hydrogen (secondary N) is 1. The molecule has 0 aliphatic rings. The number of pyridine rings is 1. The lowest BCUT2D eigenvalue weighted by molar-refractivity contribution is -0.105. The lowest BCUT2D eigenvalue weighted by Crippen LogP contribution is -2.08. The maximum atomic E-state index is 11.9. The van der Waals surface area contributed by atoms with Crippen LogP contribution in [0, 0.1) is 0 Å². The third-order valence-electron chi connectivity index (χ3n) is 4.20. The van der Waals surface area contributed by atoms with E-state index in [1.165, 1.54) is 7.11 Å². The summed E-state index contributed by atoms with van der Waals surface area (Å²) in [6.07, 6.45) is 3.78. The predicted molar refractivity (Wildman–Crippen MR) is 113 cm³/mol. The van der Waals surface area contributed by atoms with E-state index in [2.05, 4.69) is 36.4 Å². The number of amides is 1. The number of unbranched alkanes of at least 4 members (excludes halogenated alkanes) is 1. The molecule has 3 rings (SSSR count). The Labute approximate surface area is 181 Å². The van der Waals surface area contributed by atoms with E-state index in [0.717, 1.165) is 17.3 Å². The number of aromatic nitrogens is 4. The number of hydrogen-bond donors (Lipinski definition) is 1. The number of rotatable bonds is 10. The smallest absolute Gasteiger partial charge is 0.341 e. The van der Waals surface area contributed by atoms with Crippen LogP contribution in [0.1, 0.15) is 23.2 Å². The second-order valence-electron chi connectivity index (χ2n) is 6.21. The van der Waals surface area contributed by atoms with Gasteiger partial charge in [-0.2, -0.15) is 0 Å². The van der Waals surface area contributed by atoms with Gasteiger partial charge in [0.15, 0.2) is 5.82 Å². The monoisotopic (exact) mass is 473 g/mol. The van der Waals surface area contributed by atoms with Crippen LogP contribution in [0.3, 0.4) is 0 Å². The third kappa shape index (κ3) is 5.41. The molecular weight excluding hydrogens is 454 g/mol. The molecule has 2 heterocycles. The molecule has 10 heteroatoms. The second-order valence-corrected chi connectivity index (χ2v) is 7.12. The average Bonchev–Trinajstić information content (AvgIpc) is 3.23. The van der Waals surface area contributed by atoms with Crippen LogP contribution in [0.15, 0.2) is 47.2 Å². The van der Waals surface area contributed by atoms with Gasteiger partial charge in [-0.1, -0.05) is 22.0 Å². The van der Waals surface area contributed by atoms with Crippen LogP contribution < -0.4 is 10.1 Å². The van der Waals surface area contributed by atoms with Crippen molar-refractivity contribution >= 4 is 34.1 Å². The van der Waals surface area contributed by atoms with Crippen LogP contribution in [0.2, 0.25) is 0 Å². The molecule has 0 atom stereocenters. The molecule has 0 aliphatic heterocycles. The molecule has 3 aromatic rings. The molecule has 0 radical (unpaired) electrons. The summed E-state index contributed by atoms with van der Waals surface area (Å²) in [5.74, 6) is 1.10. The van der Waals surface area contributed by atoms with Gasteiger partial charge in [0, 0.05) is 11.0 Å². The molecule has 9 nitrogen and oxygen atoms in total. The van der Waals surface area contributed by atoms with Crippen molar-refractivity contribution in [2.24, 2.45) is 0 Å². The molecule has 0 saturated heterocycles. The van der Waals surface area contributed by atoms with Crippen LogP contribution in [0.25, 0.3) is 11.5 Å². The van der Waals surface area contributed by atoms with Crippen molar-refractivity contribution in [3.05, 3.63) is 52.8 Å². The van der Waals surface area contributed by atoms with Gasteiger partial charge in [-0.15, -0.1) is 10.2 Å². The lowest BCUT2D eigenvalue weighted by atomic mass is 10.2. The number of anilines is 1. The van der Waals surface area contributed by atoms with Crippen LogP contribution in [0.4, 0.5) is 5.82 Å². The van der Waals surface area contributed by atoms with E-state index in [0.29, 0.717) is 48.2 Å². The Morgan fingerprint density at radius 3 is 2.93 bits per heavy atom. The van der Waals surface area contributed by atoms with Crippen molar-refractivity contribution in [3.8, 4) is 17.3 Å². The molecule has 0 aliphatic carbocycles. The molecule has 0 unspecified atom stereocenters. The Hall–Kier alpha value is -3.27. The summed E-state index contributed by atoms with van der Waals surface area (Å²) in [6.45, 7) is 1.11. The van der Waals surface area contributed by atoms with E-state index in [-0.39, 0.29) is 0 Å². The van der Waals surface area contributed by atoms with Gasteiger partial charge in [0.1, 0.15) is 29.2 Å². The molecule has 0 spiro atoms. The number of benzene rings is 1. The fourth-order valence-corrected chi connectivity index (χ4v) is 3.14. The number of nitrogens with zero attached hydrogens (tertiary/aromatic N) is 4.